The number of hydrogen-bond donors (Lipinski definition) is 1. The SMILES string of the molecule is CC(=O)O[C@H]1[C@@H](OC(C)=O)[C@]23C[C@H](OC(C)=O)[C@H](OC(C)=O)C[C@@]2(O)C[C@H]1O3. The molecule has 0 aromatic rings. The van der Waals surface area contributed by atoms with Gasteiger partial charge in [0.1, 0.15) is 29.5 Å². The molecule has 3 fully saturated rings. The first-order valence-electron chi connectivity index (χ1n) is 9.06. The molecule has 156 valence electrons. The van der Waals surface area contributed by atoms with E-state index in [-0.39, 0.29) is 19.3 Å². The summed E-state index contributed by atoms with van der Waals surface area (Å²) in [6.07, 6.45) is -4.59. The van der Waals surface area contributed by atoms with Crippen LogP contribution in [0, 0.1) is 0 Å². The molecule has 0 amide bonds. The zero-order valence-electron chi connectivity index (χ0n) is 16.1. The van der Waals surface area contributed by atoms with Gasteiger partial charge in [-0.1, -0.05) is 0 Å². The predicted molar refractivity (Wildman–Crippen MR) is 88.6 cm³/mol. The number of rotatable bonds is 4. The molecule has 0 unspecified atom stereocenters. The number of carbonyl (C=O) groups is 4. The van der Waals surface area contributed by atoms with Crippen LogP contribution in [0.4, 0.5) is 0 Å². The minimum absolute atomic E-state index is 0.0778. The number of carbonyl (C=O) groups excluding carboxylic acids is 4. The highest BCUT2D eigenvalue weighted by molar-refractivity contribution is 5.69. The summed E-state index contributed by atoms with van der Waals surface area (Å²) in [4.78, 5) is 46.3. The Balaban J connectivity index is 1.98. The minimum Gasteiger partial charge on any atom is -0.458 e. The fourth-order valence-corrected chi connectivity index (χ4v) is 4.74. The first-order chi connectivity index (χ1) is 13.0. The Morgan fingerprint density at radius 3 is 1.79 bits per heavy atom. The zero-order chi connectivity index (χ0) is 20.9. The average molecular weight is 400 g/mol. The Morgan fingerprint density at radius 2 is 1.29 bits per heavy atom. The van der Waals surface area contributed by atoms with Gasteiger partial charge in [-0.25, -0.2) is 0 Å². The van der Waals surface area contributed by atoms with Crippen molar-refractivity contribution >= 4 is 23.9 Å². The van der Waals surface area contributed by atoms with Crippen molar-refractivity contribution in [2.75, 3.05) is 0 Å². The van der Waals surface area contributed by atoms with Gasteiger partial charge in [-0.15, -0.1) is 0 Å². The van der Waals surface area contributed by atoms with Crippen LogP contribution < -0.4 is 0 Å². The van der Waals surface area contributed by atoms with E-state index in [4.69, 9.17) is 23.7 Å². The highest BCUT2D eigenvalue weighted by Crippen LogP contribution is 2.59. The van der Waals surface area contributed by atoms with E-state index in [2.05, 4.69) is 0 Å². The summed E-state index contributed by atoms with van der Waals surface area (Å²) in [6, 6.07) is 0. The van der Waals surface area contributed by atoms with E-state index in [1.165, 1.54) is 27.7 Å². The first kappa shape index (κ1) is 20.5. The number of hydrogen-bond acceptors (Lipinski definition) is 10. The molecular formula is C18H24O10. The summed E-state index contributed by atoms with van der Waals surface area (Å²) in [7, 11) is 0. The lowest BCUT2D eigenvalue weighted by Crippen LogP contribution is -2.69. The summed E-state index contributed by atoms with van der Waals surface area (Å²) in [5, 5.41) is 11.4. The van der Waals surface area contributed by atoms with Crippen molar-refractivity contribution in [1.82, 2.24) is 0 Å². The third-order valence-electron chi connectivity index (χ3n) is 5.50. The van der Waals surface area contributed by atoms with E-state index in [1.807, 2.05) is 0 Å². The van der Waals surface area contributed by atoms with Crippen LogP contribution in [-0.4, -0.2) is 70.7 Å². The van der Waals surface area contributed by atoms with Crippen molar-refractivity contribution in [2.24, 2.45) is 0 Å². The molecule has 0 aromatic carbocycles. The topological polar surface area (TPSA) is 135 Å². The molecule has 0 aromatic heterocycles. The lowest BCUT2D eigenvalue weighted by molar-refractivity contribution is -0.241. The molecular weight excluding hydrogens is 376 g/mol. The molecule has 10 heteroatoms. The molecule has 2 bridgehead atoms. The predicted octanol–water partition coefficient (Wildman–Crippen LogP) is -0.221. The smallest absolute Gasteiger partial charge is 0.303 e. The van der Waals surface area contributed by atoms with Crippen molar-refractivity contribution in [3.63, 3.8) is 0 Å². The molecule has 3 rings (SSSR count). The van der Waals surface area contributed by atoms with Crippen LogP contribution in [0.15, 0.2) is 0 Å². The summed E-state index contributed by atoms with van der Waals surface area (Å²) in [5.74, 6) is -2.40. The average Bonchev–Trinajstić information content (AvgIpc) is 2.95. The van der Waals surface area contributed by atoms with Crippen LogP contribution in [0.3, 0.4) is 0 Å². The molecule has 10 nitrogen and oxygen atoms in total. The molecule has 1 aliphatic carbocycles. The van der Waals surface area contributed by atoms with Crippen LogP contribution >= 0.6 is 0 Å². The second kappa shape index (κ2) is 7.00. The Hall–Kier alpha value is -2.20. The molecule has 1 spiro atoms. The van der Waals surface area contributed by atoms with Gasteiger partial charge in [0.05, 0.1) is 0 Å². The fourth-order valence-electron chi connectivity index (χ4n) is 4.74. The van der Waals surface area contributed by atoms with E-state index >= 15 is 0 Å². The maximum Gasteiger partial charge on any atom is 0.303 e. The highest BCUT2D eigenvalue weighted by atomic mass is 16.7. The fraction of sp³-hybridized carbons (Fsp3) is 0.778. The Bertz CT molecular complexity index is 704. The van der Waals surface area contributed by atoms with E-state index in [0.717, 1.165) is 0 Å². The molecule has 2 aliphatic heterocycles. The number of aliphatic hydroxyl groups is 1. The van der Waals surface area contributed by atoms with E-state index in [1.54, 1.807) is 0 Å². The molecule has 28 heavy (non-hydrogen) atoms. The maximum absolute atomic E-state index is 11.7. The van der Waals surface area contributed by atoms with E-state index in [0.29, 0.717) is 0 Å². The van der Waals surface area contributed by atoms with Gasteiger partial charge in [0.15, 0.2) is 12.2 Å². The van der Waals surface area contributed by atoms with Gasteiger partial charge in [0.2, 0.25) is 0 Å². The van der Waals surface area contributed by atoms with E-state index in [9.17, 15) is 24.3 Å². The molecule has 2 heterocycles. The molecule has 7 atom stereocenters. The standard InChI is InChI=1S/C18H24O10/c1-8(19)24-12-5-17(23)6-14-15(26-10(3)21)16(27-11(4)22)18(17,28-14)7-13(12)25-9(2)20/h12-16,23H,5-7H2,1-4H3/t12-,13+,14-,15-,16-,17-,18-/m1/s1. The van der Waals surface area contributed by atoms with Gasteiger partial charge in [0.25, 0.3) is 0 Å². The van der Waals surface area contributed by atoms with E-state index < -0.39 is 65.6 Å². The van der Waals surface area contributed by atoms with Crippen LogP contribution in [0.1, 0.15) is 47.0 Å². The van der Waals surface area contributed by atoms with Gasteiger partial charge in [0, 0.05) is 47.0 Å². The summed E-state index contributed by atoms with van der Waals surface area (Å²) < 4.78 is 27.3. The molecule has 1 N–H and O–H groups in total. The van der Waals surface area contributed by atoms with Crippen LogP contribution in [-0.2, 0) is 42.9 Å². The molecule has 0 radical (unpaired) electrons. The Kier molecular flexibility index (Phi) is 5.13. The number of esters is 4. The largest absolute Gasteiger partial charge is 0.458 e. The van der Waals surface area contributed by atoms with Gasteiger partial charge in [-0.3, -0.25) is 19.2 Å². The minimum atomic E-state index is -1.52. The lowest BCUT2D eigenvalue weighted by atomic mass is 9.62. The Labute approximate surface area is 161 Å². The number of fused-ring (bicyclic) bond motifs is 1. The first-order valence-corrected chi connectivity index (χ1v) is 9.06. The van der Waals surface area contributed by atoms with Gasteiger partial charge in [-0.2, -0.15) is 0 Å². The van der Waals surface area contributed by atoms with Crippen LogP contribution in [0.2, 0.25) is 0 Å². The quantitative estimate of drug-likeness (QED) is 0.498. The molecule has 1 saturated carbocycles. The van der Waals surface area contributed by atoms with Crippen molar-refractivity contribution in [3.05, 3.63) is 0 Å². The molecule has 2 saturated heterocycles. The normalized spacial score (nSPS) is 41.0. The number of ether oxygens (including phenoxy) is 5. The second-order valence-corrected chi connectivity index (χ2v) is 7.59. The second-order valence-electron chi connectivity index (χ2n) is 7.59. The lowest BCUT2D eigenvalue weighted by Gasteiger charge is -2.52. The summed E-state index contributed by atoms with van der Waals surface area (Å²) >= 11 is 0. The van der Waals surface area contributed by atoms with Gasteiger partial charge >= 0.3 is 23.9 Å². The van der Waals surface area contributed by atoms with Crippen molar-refractivity contribution in [3.8, 4) is 0 Å². The van der Waals surface area contributed by atoms with Crippen LogP contribution in [0.25, 0.3) is 0 Å². The third kappa shape index (κ3) is 3.35. The summed E-state index contributed by atoms with van der Waals surface area (Å²) in [6.45, 7) is 4.84. The van der Waals surface area contributed by atoms with Crippen molar-refractivity contribution < 1.29 is 48.0 Å². The highest BCUT2D eigenvalue weighted by Gasteiger charge is 2.77. The van der Waals surface area contributed by atoms with Crippen LogP contribution in [0.5, 0.6) is 0 Å². The van der Waals surface area contributed by atoms with Crippen molar-refractivity contribution in [1.29, 1.82) is 0 Å². The Morgan fingerprint density at radius 1 is 0.786 bits per heavy atom. The maximum atomic E-state index is 11.7. The zero-order valence-corrected chi connectivity index (χ0v) is 16.1. The third-order valence-corrected chi connectivity index (χ3v) is 5.50. The van der Waals surface area contributed by atoms with Gasteiger partial charge < -0.3 is 28.8 Å². The van der Waals surface area contributed by atoms with Gasteiger partial charge in [-0.05, 0) is 0 Å². The summed E-state index contributed by atoms with van der Waals surface area (Å²) in [5.41, 5.74) is -2.98. The molecule has 3 aliphatic rings. The monoisotopic (exact) mass is 400 g/mol. The van der Waals surface area contributed by atoms with Crippen molar-refractivity contribution in [2.45, 2.75) is 88.7 Å².